The van der Waals surface area contributed by atoms with Gasteiger partial charge in [0.2, 0.25) is 5.91 Å². The summed E-state index contributed by atoms with van der Waals surface area (Å²) in [7, 11) is 0. The Balaban J connectivity index is 1.49. The number of amides is 1. The van der Waals surface area contributed by atoms with Crippen molar-refractivity contribution >= 4 is 11.6 Å². The van der Waals surface area contributed by atoms with E-state index in [0.29, 0.717) is 6.42 Å². The fraction of sp³-hybridized carbons (Fsp3) is 0.600. The Morgan fingerprint density at radius 3 is 2.03 bits per heavy atom. The highest BCUT2D eigenvalue weighted by Gasteiger charge is 2.07. The van der Waals surface area contributed by atoms with Crippen LogP contribution in [0.4, 0.5) is 5.69 Å². The number of aromatic nitrogens is 2. The van der Waals surface area contributed by atoms with Crippen molar-refractivity contribution < 1.29 is 4.79 Å². The summed E-state index contributed by atoms with van der Waals surface area (Å²) in [5.41, 5.74) is 1.79. The molecule has 0 aliphatic heterocycles. The predicted molar refractivity (Wildman–Crippen MR) is 123 cm³/mol. The predicted octanol–water partition coefficient (Wildman–Crippen LogP) is 7.29. The third kappa shape index (κ3) is 9.78. The molecule has 1 heterocycles. The van der Waals surface area contributed by atoms with Gasteiger partial charge >= 0.3 is 0 Å². The molecule has 1 N–H and O–H groups in total. The third-order valence-electron chi connectivity index (χ3n) is 5.47. The highest BCUT2D eigenvalue weighted by Crippen LogP contribution is 2.20. The molecule has 4 heteroatoms. The minimum absolute atomic E-state index is 0.0978. The molecule has 29 heavy (non-hydrogen) atoms. The van der Waals surface area contributed by atoms with Crippen molar-refractivity contribution in [3.8, 4) is 5.69 Å². The summed E-state index contributed by atoms with van der Waals surface area (Å²) in [4.78, 5) is 16.4. The van der Waals surface area contributed by atoms with E-state index in [4.69, 9.17) is 0 Å². The molecule has 1 amide bonds. The number of para-hydroxylation sites is 2. The van der Waals surface area contributed by atoms with E-state index in [9.17, 15) is 4.79 Å². The number of imidazole rings is 1. The standard InChI is InChI=1S/C25H39N3O/c1-2-3-4-5-6-7-8-9-10-11-12-13-14-19-25(29)27-23-17-15-16-18-24(23)28-21-20-26-22-28/h15-18,20-22H,2-14,19H2,1H3,(H,27,29). The Labute approximate surface area is 177 Å². The van der Waals surface area contributed by atoms with E-state index >= 15 is 0 Å². The average molecular weight is 398 g/mol. The van der Waals surface area contributed by atoms with Crippen molar-refractivity contribution in [1.29, 1.82) is 0 Å². The normalized spacial score (nSPS) is 10.9. The van der Waals surface area contributed by atoms with Gasteiger partial charge in [0.25, 0.3) is 0 Å². The molecule has 160 valence electrons. The highest BCUT2D eigenvalue weighted by molar-refractivity contribution is 5.92. The van der Waals surface area contributed by atoms with Crippen LogP contribution in [-0.2, 0) is 4.79 Å². The van der Waals surface area contributed by atoms with Gasteiger partial charge in [-0.15, -0.1) is 0 Å². The number of nitrogens with one attached hydrogen (secondary N) is 1. The van der Waals surface area contributed by atoms with Crippen molar-refractivity contribution in [2.75, 3.05) is 5.32 Å². The zero-order valence-electron chi connectivity index (χ0n) is 18.2. The van der Waals surface area contributed by atoms with Crippen molar-refractivity contribution in [3.05, 3.63) is 43.0 Å². The number of hydrogen-bond donors (Lipinski definition) is 1. The molecule has 0 radical (unpaired) electrons. The first kappa shape index (κ1) is 23.2. The number of hydrogen-bond acceptors (Lipinski definition) is 2. The largest absolute Gasteiger partial charge is 0.324 e. The molecule has 1 aromatic carbocycles. The Kier molecular flexibility index (Phi) is 11.9. The molecule has 4 nitrogen and oxygen atoms in total. The van der Waals surface area contributed by atoms with E-state index in [1.54, 1.807) is 12.5 Å². The van der Waals surface area contributed by atoms with Crippen LogP contribution in [-0.4, -0.2) is 15.5 Å². The van der Waals surface area contributed by atoms with Crippen molar-refractivity contribution in [3.63, 3.8) is 0 Å². The van der Waals surface area contributed by atoms with E-state index in [-0.39, 0.29) is 5.91 Å². The van der Waals surface area contributed by atoms with E-state index in [1.807, 2.05) is 35.0 Å². The van der Waals surface area contributed by atoms with Crippen molar-refractivity contribution in [1.82, 2.24) is 9.55 Å². The van der Waals surface area contributed by atoms with Crippen molar-refractivity contribution in [2.24, 2.45) is 0 Å². The lowest BCUT2D eigenvalue weighted by Crippen LogP contribution is -2.13. The van der Waals surface area contributed by atoms with Crippen molar-refractivity contribution in [2.45, 2.75) is 96.8 Å². The summed E-state index contributed by atoms with van der Waals surface area (Å²) in [5.74, 6) is 0.0978. The number of unbranched alkanes of at least 4 members (excludes halogenated alkanes) is 12. The van der Waals surface area contributed by atoms with Crippen LogP contribution in [0.2, 0.25) is 0 Å². The van der Waals surface area contributed by atoms with Gasteiger partial charge in [-0.05, 0) is 18.6 Å². The third-order valence-corrected chi connectivity index (χ3v) is 5.47. The lowest BCUT2D eigenvalue weighted by atomic mass is 10.0. The molecular formula is C25H39N3O. The molecule has 0 spiro atoms. The molecule has 0 unspecified atom stereocenters. The van der Waals surface area contributed by atoms with Gasteiger partial charge in [0, 0.05) is 18.8 Å². The Morgan fingerprint density at radius 1 is 0.862 bits per heavy atom. The maximum absolute atomic E-state index is 12.3. The summed E-state index contributed by atoms with van der Waals surface area (Å²) in [6, 6.07) is 7.85. The smallest absolute Gasteiger partial charge is 0.224 e. The molecular weight excluding hydrogens is 358 g/mol. The second-order valence-corrected chi connectivity index (χ2v) is 8.03. The second-order valence-electron chi connectivity index (χ2n) is 8.03. The molecule has 0 aliphatic rings. The molecule has 0 aliphatic carbocycles. The van der Waals surface area contributed by atoms with Crippen LogP contribution < -0.4 is 5.32 Å². The fourth-order valence-corrected chi connectivity index (χ4v) is 3.72. The van der Waals surface area contributed by atoms with E-state index in [0.717, 1.165) is 24.2 Å². The quantitative estimate of drug-likeness (QED) is 0.302. The van der Waals surface area contributed by atoms with Gasteiger partial charge in [0.1, 0.15) is 0 Å². The van der Waals surface area contributed by atoms with Gasteiger partial charge in [-0.2, -0.15) is 0 Å². The summed E-state index contributed by atoms with van der Waals surface area (Å²) in [6.45, 7) is 2.27. The topological polar surface area (TPSA) is 46.9 Å². The summed E-state index contributed by atoms with van der Waals surface area (Å²) in [6.07, 6.45) is 23.1. The first-order valence-electron chi connectivity index (χ1n) is 11.7. The number of carbonyl (C=O) groups is 1. The van der Waals surface area contributed by atoms with E-state index in [2.05, 4.69) is 17.2 Å². The van der Waals surface area contributed by atoms with Gasteiger partial charge in [-0.3, -0.25) is 4.79 Å². The zero-order valence-corrected chi connectivity index (χ0v) is 18.2. The fourth-order valence-electron chi connectivity index (χ4n) is 3.72. The van der Waals surface area contributed by atoms with Gasteiger partial charge in [-0.1, -0.05) is 96.1 Å². The number of nitrogens with zero attached hydrogens (tertiary/aromatic N) is 2. The van der Waals surface area contributed by atoms with Crippen LogP contribution in [0.15, 0.2) is 43.0 Å². The Bertz CT molecular complexity index is 666. The van der Waals surface area contributed by atoms with Crippen LogP contribution in [0.25, 0.3) is 5.69 Å². The molecule has 0 saturated carbocycles. The molecule has 0 atom stereocenters. The van der Waals surface area contributed by atoms with Gasteiger partial charge in [-0.25, -0.2) is 4.98 Å². The molecule has 0 bridgehead atoms. The second kappa shape index (κ2) is 14.8. The average Bonchev–Trinajstić information content (AvgIpc) is 3.26. The van der Waals surface area contributed by atoms with Gasteiger partial charge < -0.3 is 9.88 Å². The van der Waals surface area contributed by atoms with E-state index < -0.39 is 0 Å². The number of benzene rings is 1. The molecule has 0 saturated heterocycles. The molecule has 1 aromatic heterocycles. The first-order valence-corrected chi connectivity index (χ1v) is 11.7. The number of carbonyl (C=O) groups excluding carboxylic acids is 1. The SMILES string of the molecule is CCCCCCCCCCCCCCCC(=O)Nc1ccccc1-n1ccnc1. The van der Waals surface area contributed by atoms with Crippen LogP contribution >= 0.6 is 0 Å². The van der Waals surface area contributed by atoms with Crippen LogP contribution in [0.3, 0.4) is 0 Å². The monoisotopic (exact) mass is 397 g/mol. The number of rotatable bonds is 16. The van der Waals surface area contributed by atoms with Gasteiger partial charge in [0.05, 0.1) is 17.7 Å². The lowest BCUT2D eigenvalue weighted by Gasteiger charge is -2.11. The molecule has 2 rings (SSSR count). The first-order chi connectivity index (χ1) is 14.3. The van der Waals surface area contributed by atoms with Crippen LogP contribution in [0.1, 0.15) is 96.8 Å². The van der Waals surface area contributed by atoms with Crippen LogP contribution in [0.5, 0.6) is 0 Å². The highest BCUT2D eigenvalue weighted by atomic mass is 16.1. The minimum Gasteiger partial charge on any atom is -0.324 e. The summed E-state index contributed by atoms with van der Waals surface area (Å²) < 4.78 is 1.92. The lowest BCUT2D eigenvalue weighted by molar-refractivity contribution is -0.116. The zero-order chi connectivity index (χ0) is 20.6. The summed E-state index contributed by atoms with van der Waals surface area (Å²) in [5, 5.41) is 3.05. The van der Waals surface area contributed by atoms with Crippen LogP contribution in [0, 0.1) is 0 Å². The summed E-state index contributed by atoms with van der Waals surface area (Å²) >= 11 is 0. The maximum Gasteiger partial charge on any atom is 0.224 e. The maximum atomic E-state index is 12.3. The Morgan fingerprint density at radius 2 is 1.45 bits per heavy atom. The van der Waals surface area contributed by atoms with E-state index in [1.165, 1.54) is 70.6 Å². The molecule has 2 aromatic rings. The van der Waals surface area contributed by atoms with Gasteiger partial charge in [0.15, 0.2) is 0 Å². The number of anilines is 1. The Hall–Kier alpha value is -2.10. The molecule has 0 fully saturated rings. The minimum atomic E-state index is 0.0978.